The summed E-state index contributed by atoms with van der Waals surface area (Å²) in [7, 11) is 4.21. The molecule has 0 saturated heterocycles. The SMILES string of the molecule is CCOC(CCNC(C)CCN(C)C)OCC. The fourth-order valence-electron chi connectivity index (χ4n) is 1.59. The van der Waals surface area contributed by atoms with Crippen LogP contribution in [-0.2, 0) is 9.47 Å². The van der Waals surface area contributed by atoms with Crippen LogP contribution in [0.2, 0.25) is 0 Å². The minimum absolute atomic E-state index is 0.0569. The second-order valence-corrected chi connectivity index (χ2v) is 4.58. The number of nitrogens with one attached hydrogen (secondary N) is 1. The van der Waals surface area contributed by atoms with Gasteiger partial charge in [0.05, 0.1) is 0 Å². The van der Waals surface area contributed by atoms with E-state index in [1.54, 1.807) is 0 Å². The smallest absolute Gasteiger partial charge is 0.158 e. The molecule has 0 aliphatic rings. The molecule has 0 saturated carbocycles. The Morgan fingerprint density at radius 2 is 1.65 bits per heavy atom. The van der Waals surface area contributed by atoms with E-state index >= 15 is 0 Å². The number of hydrogen-bond donors (Lipinski definition) is 1. The van der Waals surface area contributed by atoms with Gasteiger partial charge in [-0.3, -0.25) is 0 Å². The third-order valence-corrected chi connectivity index (χ3v) is 2.59. The van der Waals surface area contributed by atoms with E-state index in [2.05, 4.69) is 31.2 Å². The van der Waals surface area contributed by atoms with Crippen molar-refractivity contribution < 1.29 is 9.47 Å². The summed E-state index contributed by atoms with van der Waals surface area (Å²) in [5.74, 6) is 0. The molecule has 1 atom stereocenters. The van der Waals surface area contributed by atoms with Gasteiger partial charge in [0.15, 0.2) is 6.29 Å². The largest absolute Gasteiger partial charge is 0.353 e. The lowest BCUT2D eigenvalue weighted by molar-refractivity contribution is -0.138. The molecule has 0 aromatic heterocycles. The Balaban J connectivity index is 3.57. The maximum absolute atomic E-state index is 5.49. The Morgan fingerprint density at radius 3 is 2.12 bits per heavy atom. The third-order valence-electron chi connectivity index (χ3n) is 2.59. The van der Waals surface area contributed by atoms with E-state index < -0.39 is 0 Å². The Morgan fingerprint density at radius 1 is 1.06 bits per heavy atom. The van der Waals surface area contributed by atoms with Crippen LogP contribution in [0.25, 0.3) is 0 Å². The first-order valence-corrected chi connectivity index (χ1v) is 6.71. The van der Waals surface area contributed by atoms with Crippen LogP contribution < -0.4 is 5.32 Å². The number of ether oxygens (including phenoxy) is 2. The molecule has 0 aromatic carbocycles. The van der Waals surface area contributed by atoms with Gasteiger partial charge in [0.2, 0.25) is 0 Å². The highest BCUT2D eigenvalue weighted by atomic mass is 16.7. The quantitative estimate of drug-likeness (QED) is 0.563. The molecule has 1 N–H and O–H groups in total. The highest BCUT2D eigenvalue weighted by Gasteiger charge is 2.08. The summed E-state index contributed by atoms with van der Waals surface area (Å²) in [6.45, 7) is 9.70. The molecule has 104 valence electrons. The van der Waals surface area contributed by atoms with Crippen molar-refractivity contribution in [3.05, 3.63) is 0 Å². The van der Waals surface area contributed by atoms with Crippen LogP contribution in [0.5, 0.6) is 0 Å². The van der Waals surface area contributed by atoms with Crippen molar-refractivity contribution >= 4 is 0 Å². The van der Waals surface area contributed by atoms with E-state index in [0.29, 0.717) is 19.3 Å². The summed E-state index contributed by atoms with van der Waals surface area (Å²) in [4.78, 5) is 2.21. The summed E-state index contributed by atoms with van der Waals surface area (Å²) in [6.07, 6.45) is 2.02. The number of nitrogens with zero attached hydrogens (tertiary/aromatic N) is 1. The molecule has 17 heavy (non-hydrogen) atoms. The molecule has 0 aliphatic heterocycles. The van der Waals surface area contributed by atoms with E-state index in [9.17, 15) is 0 Å². The molecule has 0 spiro atoms. The van der Waals surface area contributed by atoms with Gasteiger partial charge in [-0.2, -0.15) is 0 Å². The minimum Gasteiger partial charge on any atom is -0.353 e. The summed E-state index contributed by atoms with van der Waals surface area (Å²) in [5, 5.41) is 3.50. The normalized spacial score (nSPS) is 13.6. The Bertz CT molecular complexity index is 159. The average molecular weight is 246 g/mol. The summed E-state index contributed by atoms with van der Waals surface area (Å²) in [6, 6.07) is 0.543. The van der Waals surface area contributed by atoms with Gasteiger partial charge in [-0.25, -0.2) is 0 Å². The molecule has 0 bridgehead atoms. The first-order chi connectivity index (χ1) is 8.10. The molecule has 4 heteroatoms. The van der Waals surface area contributed by atoms with Crippen molar-refractivity contribution in [1.29, 1.82) is 0 Å². The molecule has 0 aliphatic carbocycles. The zero-order valence-electron chi connectivity index (χ0n) is 12.2. The molecule has 0 heterocycles. The molecule has 0 radical (unpaired) electrons. The van der Waals surface area contributed by atoms with E-state index in [1.807, 2.05) is 13.8 Å². The predicted octanol–water partition coefficient (Wildman–Crippen LogP) is 1.71. The summed E-state index contributed by atoms with van der Waals surface area (Å²) in [5.41, 5.74) is 0. The first kappa shape index (κ1) is 16.8. The molecule has 4 nitrogen and oxygen atoms in total. The predicted molar refractivity (Wildman–Crippen MR) is 72.3 cm³/mol. The maximum Gasteiger partial charge on any atom is 0.158 e. The zero-order chi connectivity index (χ0) is 13.1. The first-order valence-electron chi connectivity index (χ1n) is 6.71. The van der Waals surface area contributed by atoms with Gasteiger partial charge >= 0.3 is 0 Å². The lowest BCUT2D eigenvalue weighted by Crippen LogP contribution is -2.33. The number of rotatable bonds is 11. The Kier molecular flexibility index (Phi) is 10.9. The second kappa shape index (κ2) is 11.0. The zero-order valence-corrected chi connectivity index (χ0v) is 12.2. The summed E-state index contributed by atoms with van der Waals surface area (Å²) < 4.78 is 11.0. The van der Waals surface area contributed by atoms with Gasteiger partial charge < -0.3 is 19.7 Å². The van der Waals surface area contributed by atoms with Crippen molar-refractivity contribution in [2.24, 2.45) is 0 Å². The van der Waals surface area contributed by atoms with Gasteiger partial charge in [-0.15, -0.1) is 0 Å². The minimum atomic E-state index is -0.0569. The van der Waals surface area contributed by atoms with Crippen LogP contribution in [0.4, 0.5) is 0 Å². The standard InChI is InChI=1S/C13H30N2O2/c1-6-16-13(17-7-2)8-10-14-12(3)9-11-15(4)5/h12-14H,6-11H2,1-5H3. The topological polar surface area (TPSA) is 33.7 Å². The molecular formula is C13H30N2O2. The van der Waals surface area contributed by atoms with Gasteiger partial charge in [-0.05, 0) is 47.8 Å². The van der Waals surface area contributed by atoms with E-state index in [-0.39, 0.29) is 6.29 Å². The van der Waals surface area contributed by atoms with E-state index in [1.165, 1.54) is 6.42 Å². The lowest BCUT2D eigenvalue weighted by atomic mass is 10.2. The van der Waals surface area contributed by atoms with Crippen molar-refractivity contribution in [3.63, 3.8) is 0 Å². The molecule has 0 aromatic rings. The van der Waals surface area contributed by atoms with Crippen LogP contribution >= 0.6 is 0 Å². The van der Waals surface area contributed by atoms with Crippen molar-refractivity contribution in [2.45, 2.75) is 45.9 Å². The van der Waals surface area contributed by atoms with Gasteiger partial charge in [0.1, 0.15) is 0 Å². The fraction of sp³-hybridized carbons (Fsp3) is 1.00. The van der Waals surface area contributed by atoms with Crippen molar-refractivity contribution in [3.8, 4) is 0 Å². The number of hydrogen-bond acceptors (Lipinski definition) is 4. The Hall–Kier alpha value is -0.160. The van der Waals surface area contributed by atoms with Crippen molar-refractivity contribution in [2.75, 3.05) is 40.4 Å². The van der Waals surface area contributed by atoms with Crippen LogP contribution in [0.3, 0.4) is 0 Å². The van der Waals surface area contributed by atoms with Gasteiger partial charge in [0.25, 0.3) is 0 Å². The highest BCUT2D eigenvalue weighted by Crippen LogP contribution is 2.01. The molecule has 0 rings (SSSR count). The maximum atomic E-state index is 5.49. The van der Waals surface area contributed by atoms with Gasteiger partial charge in [0, 0.05) is 32.2 Å². The van der Waals surface area contributed by atoms with E-state index in [0.717, 1.165) is 19.5 Å². The molecular weight excluding hydrogens is 216 g/mol. The molecule has 0 fully saturated rings. The average Bonchev–Trinajstić information content (AvgIpc) is 2.27. The third kappa shape index (κ3) is 10.7. The Labute approximate surface area is 107 Å². The van der Waals surface area contributed by atoms with Gasteiger partial charge in [-0.1, -0.05) is 0 Å². The molecule has 1 unspecified atom stereocenters. The monoisotopic (exact) mass is 246 g/mol. The second-order valence-electron chi connectivity index (χ2n) is 4.58. The highest BCUT2D eigenvalue weighted by molar-refractivity contribution is 4.63. The van der Waals surface area contributed by atoms with Crippen LogP contribution in [0, 0.1) is 0 Å². The molecule has 0 amide bonds. The van der Waals surface area contributed by atoms with E-state index in [4.69, 9.17) is 9.47 Å². The van der Waals surface area contributed by atoms with Crippen LogP contribution in [-0.4, -0.2) is 57.6 Å². The van der Waals surface area contributed by atoms with Crippen molar-refractivity contribution in [1.82, 2.24) is 10.2 Å². The van der Waals surface area contributed by atoms with Crippen LogP contribution in [0.1, 0.15) is 33.6 Å². The van der Waals surface area contributed by atoms with Crippen LogP contribution in [0.15, 0.2) is 0 Å². The lowest BCUT2D eigenvalue weighted by Gasteiger charge is -2.20. The fourth-order valence-corrected chi connectivity index (χ4v) is 1.59. The summed E-state index contributed by atoms with van der Waals surface area (Å²) >= 11 is 0.